The van der Waals surface area contributed by atoms with E-state index in [0.717, 1.165) is 87.0 Å². The number of carbonyl (C=O) groups excluding carboxylic acids is 3. The largest absolute Gasteiger partial charge is 0.365 e. The number of rotatable bonds is 14. The highest BCUT2D eigenvalue weighted by Crippen LogP contribution is 2.45. The molecule has 0 radical (unpaired) electrons. The Morgan fingerprint density at radius 3 is 2.70 bits per heavy atom. The number of fused-ring (bicyclic) bond motifs is 2. The Bertz CT molecular complexity index is 1180. The van der Waals surface area contributed by atoms with Crippen molar-refractivity contribution in [3.05, 3.63) is 69.2 Å². The third kappa shape index (κ3) is 7.12. The Kier molecular flexibility index (Phi) is 10.8. The topological polar surface area (TPSA) is 79.0 Å². The van der Waals surface area contributed by atoms with Gasteiger partial charge in [-0.3, -0.25) is 9.59 Å². The number of aryl methyl sites for hydroxylation is 2. The summed E-state index contributed by atoms with van der Waals surface area (Å²) in [6, 6.07) is 11.7. The van der Waals surface area contributed by atoms with Crippen LogP contribution in [0, 0.1) is 6.92 Å². The second-order valence-corrected chi connectivity index (χ2v) is 11.5. The van der Waals surface area contributed by atoms with Gasteiger partial charge >= 0.3 is 0 Å². The van der Waals surface area contributed by atoms with Crippen molar-refractivity contribution in [2.24, 2.45) is 0 Å². The highest BCUT2D eigenvalue weighted by Gasteiger charge is 2.42. The van der Waals surface area contributed by atoms with Crippen LogP contribution >= 0.6 is 11.6 Å². The second-order valence-electron chi connectivity index (χ2n) is 11.1. The minimum absolute atomic E-state index is 0.169. The summed E-state index contributed by atoms with van der Waals surface area (Å²) in [5, 5.41) is 3.41. The molecular formula is C32H42ClN3O4. The fraction of sp³-hybridized carbons (Fsp3) is 0.531. The molecule has 1 unspecified atom stereocenters. The molecule has 2 aliphatic heterocycles. The quantitative estimate of drug-likeness (QED) is 0.258. The van der Waals surface area contributed by atoms with Gasteiger partial charge in [-0.1, -0.05) is 42.3 Å². The number of piperidine rings is 1. The van der Waals surface area contributed by atoms with Crippen LogP contribution in [0.15, 0.2) is 36.4 Å². The number of nitrogens with zero attached hydrogens (tertiary/aromatic N) is 2. The van der Waals surface area contributed by atoms with Crippen LogP contribution in [-0.2, 0) is 44.3 Å². The van der Waals surface area contributed by atoms with Gasteiger partial charge in [-0.15, -0.1) is 0 Å². The molecule has 2 aromatic carbocycles. The zero-order valence-electron chi connectivity index (χ0n) is 23.8. The minimum atomic E-state index is -0.663. The number of aldehydes is 1. The maximum atomic E-state index is 12.4. The predicted molar refractivity (Wildman–Crippen MR) is 157 cm³/mol. The van der Waals surface area contributed by atoms with Gasteiger partial charge in [0.25, 0.3) is 0 Å². The fourth-order valence-corrected chi connectivity index (χ4v) is 6.41. The smallest absolute Gasteiger partial charge is 0.242 e. The number of likely N-dealkylation sites (N-methyl/N-ethyl adjacent to an activating group) is 1. The average molecular weight is 568 g/mol. The Morgan fingerprint density at radius 1 is 1.18 bits per heavy atom. The summed E-state index contributed by atoms with van der Waals surface area (Å²) >= 11 is 6.29. The number of benzene rings is 2. The first-order valence-electron chi connectivity index (χ1n) is 14.5. The number of amides is 2. The van der Waals surface area contributed by atoms with Crippen LogP contribution in [0.4, 0.5) is 0 Å². The molecule has 1 N–H and O–H groups in total. The van der Waals surface area contributed by atoms with Crippen LogP contribution in [-0.4, -0.2) is 61.1 Å². The normalized spacial score (nSPS) is 16.9. The molecule has 4 rings (SSSR count). The monoisotopic (exact) mass is 567 g/mol. The van der Waals surface area contributed by atoms with Crippen molar-refractivity contribution < 1.29 is 19.1 Å². The number of halogens is 1. The molecule has 0 aliphatic carbocycles. The molecule has 1 fully saturated rings. The summed E-state index contributed by atoms with van der Waals surface area (Å²) in [4.78, 5) is 39.5. The maximum Gasteiger partial charge on any atom is 0.242 e. The fourth-order valence-electron chi connectivity index (χ4n) is 6.24. The molecule has 2 amide bonds. The van der Waals surface area contributed by atoms with E-state index in [1.54, 1.807) is 7.05 Å². The van der Waals surface area contributed by atoms with Gasteiger partial charge in [0.15, 0.2) is 0 Å². The van der Waals surface area contributed by atoms with Gasteiger partial charge in [-0.25, -0.2) is 0 Å². The molecule has 1 spiro atoms. The van der Waals surface area contributed by atoms with Gasteiger partial charge in [-0.05, 0) is 91.9 Å². The number of hydrogen-bond acceptors (Lipinski definition) is 5. The predicted octanol–water partition coefficient (Wildman–Crippen LogP) is 4.93. The molecule has 2 aliphatic rings. The minimum Gasteiger partial charge on any atom is -0.365 e. The van der Waals surface area contributed by atoms with Gasteiger partial charge in [-0.2, -0.15) is 0 Å². The van der Waals surface area contributed by atoms with Crippen molar-refractivity contribution in [2.75, 3.05) is 26.7 Å². The molecule has 7 nitrogen and oxygen atoms in total. The average Bonchev–Trinajstić information content (AvgIpc) is 3.31. The summed E-state index contributed by atoms with van der Waals surface area (Å²) in [6.07, 6.45) is 8.33. The summed E-state index contributed by atoms with van der Waals surface area (Å²) in [7, 11) is 1.55. The van der Waals surface area contributed by atoms with Crippen molar-refractivity contribution in [1.29, 1.82) is 0 Å². The lowest BCUT2D eigenvalue weighted by molar-refractivity contribution is -0.133. The molecule has 0 aromatic heterocycles. The number of unbranched alkanes of at least 4 members (excludes halogenated alkanes) is 2. The van der Waals surface area contributed by atoms with Crippen LogP contribution in [0.25, 0.3) is 0 Å². The molecule has 1 atom stereocenters. The Morgan fingerprint density at radius 2 is 1.98 bits per heavy atom. The van der Waals surface area contributed by atoms with Crippen LogP contribution in [0.3, 0.4) is 0 Å². The number of ether oxygens (including phenoxy) is 1. The summed E-state index contributed by atoms with van der Waals surface area (Å²) in [6.45, 7) is 6.24. The lowest BCUT2D eigenvalue weighted by atomic mass is 9.84. The van der Waals surface area contributed by atoms with Crippen molar-refractivity contribution >= 4 is 30.2 Å². The summed E-state index contributed by atoms with van der Waals surface area (Å²) < 4.78 is 6.31. The van der Waals surface area contributed by atoms with E-state index < -0.39 is 6.04 Å². The van der Waals surface area contributed by atoms with Crippen molar-refractivity contribution in [2.45, 2.75) is 83.1 Å². The van der Waals surface area contributed by atoms with Gasteiger partial charge in [0.2, 0.25) is 12.3 Å². The third-order valence-electron chi connectivity index (χ3n) is 8.64. The van der Waals surface area contributed by atoms with E-state index in [-0.39, 0.29) is 17.9 Å². The zero-order chi connectivity index (χ0) is 28.5. The highest BCUT2D eigenvalue weighted by molar-refractivity contribution is 6.30. The second kappa shape index (κ2) is 14.2. The van der Waals surface area contributed by atoms with E-state index in [9.17, 15) is 14.4 Å². The van der Waals surface area contributed by atoms with E-state index in [2.05, 4.69) is 34.5 Å². The summed E-state index contributed by atoms with van der Waals surface area (Å²) in [5.74, 6) is -0.250. The van der Waals surface area contributed by atoms with Gasteiger partial charge in [0, 0.05) is 38.1 Å². The van der Waals surface area contributed by atoms with Gasteiger partial charge < -0.3 is 24.6 Å². The van der Waals surface area contributed by atoms with E-state index in [4.69, 9.17) is 16.3 Å². The molecule has 2 heterocycles. The van der Waals surface area contributed by atoms with Gasteiger partial charge in [0.1, 0.15) is 12.3 Å². The Labute approximate surface area is 243 Å². The van der Waals surface area contributed by atoms with Crippen molar-refractivity contribution in [3.63, 3.8) is 0 Å². The van der Waals surface area contributed by atoms with Crippen LogP contribution in [0.5, 0.6) is 0 Å². The molecular weight excluding hydrogens is 526 g/mol. The maximum absolute atomic E-state index is 12.4. The molecule has 8 heteroatoms. The molecule has 216 valence electrons. The number of nitrogens with one attached hydrogen (secondary N) is 1. The van der Waals surface area contributed by atoms with E-state index in [0.29, 0.717) is 19.6 Å². The first-order chi connectivity index (χ1) is 19.4. The van der Waals surface area contributed by atoms with Crippen LogP contribution in [0.1, 0.15) is 72.8 Å². The SMILES string of the molecule is CNC(=O)C(CCC=O)N(C=O)Cc1c(C)cccc1CCCCCN1CCC2(CC1)OCc1ccc(Cl)cc12. The first-order valence-corrected chi connectivity index (χ1v) is 14.9. The molecule has 2 aromatic rings. The third-order valence-corrected chi connectivity index (χ3v) is 8.88. The Hall–Kier alpha value is -2.74. The molecule has 1 saturated heterocycles. The molecule has 0 bridgehead atoms. The zero-order valence-corrected chi connectivity index (χ0v) is 24.5. The van der Waals surface area contributed by atoms with E-state index in [1.807, 2.05) is 19.1 Å². The number of carbonyl (C=O) groups is 3. The van der Waals surface area contributed by atoms with E-state index in [1.165, 1.54) is 21.6 Å². The lowest BCUT2D eigenvalue weighted by Crippen LogP contribution is -2.45. The van der Waals surface area contributed by atoms with Crippen LogP contribution in [0.2, 0.25) is 5.02 Å². The van der Waals surface area contributed by atoms with Crippen molar-refractivity contribution in [1.82, 2.24) is 15.1 Å². The standard InChI is InChI=1S/C32H42ClN3O4/c1-24-8-6-10-25(28(24)21-36(23-38)30(11-7-19-37)31(39)34-2)9-4-3-5-16-35-17-14-32(15-18-35)29-20-27(33)13-12-26(29)22-40-32/h6,8,10,12-13,19-20,23,30H,3-5,7,9,11,14-18,21-22H2,1-2H3,(H,34,39). The van der Waals surface area contributed by atoms with E-state index >= 15 is 0 Å². The number of hydrogen-bond donors (Lipinski definition) is 1. The molecule has 0 saturated carbocycles. The highest BCUT2D eigenvalue weighted by atomic mass is 35.5. The van der Waals surface area contributed by atoms with Gasteiger partial charge in [0.05, 0.1) is 12.2 Å². The number of likely N-dealkylation sites (tertiary alicyclic amines) is 1. The first kappa shape index (κ1) is 30.2. The van der Waals surface area contributed by atoms with Crippen molar-refractivity contribution in [3.8, 4) is 0 Å². The lowest BCUT2D eigenvalue weighted by Gasteiger charge is -2.39. The molecule has 40 heavy (non-hydrogen) atoms. The summed E-state index contributed by atoms with van der Waals surface area (Å²) in [5.41, 5.74) is 5.80. The van der Waals surface area contributed by atoms with Crippen LogP contribution < -0.4 is 5.32 Å². The Balaban J connectivity index is 1.26.